The highest BCUT2D eigenvalue weighted by atomic mass is 35.5. The Bertz CT molecular complexity index is 1400. The van der Waals surface area contributed by atoms with E-state index in [1.165, 1.54) is 17.6 Å². The number of carbonyl (C=O) groups is 1. The van der Waals surface area contributed by atoms with E-state index >= 15 is 0 Å². The lowest BCUT2D eigenvalue weighted by molar-refractivity contribution is 0.0951. The van der Waals surface area contributed by atoms with Crippen molar-refractivity contribution < 1.29 is 9.90 Å². The van der Waals surface area contributed by atoms with Crippen LogP contribution >= 0.6 is 22.9 Å². The number of amides is 1. The highest BCUT2D eigenvalue weighted by Gasteiger charge is 2.32. The minimum Gasteiger partial charge on any atom is -0.508 e. The molecule has 0 saturated heterocycles. The predicted octanol–water partition coefficient (Wildman–Crippen LogP) is 5.62. The molecule has 0 saturated carbocycles. The zero-order chi connectivity index (χ0) is 24.2. The van der Waals surface area contributed by atoms with Gasteiger partial charge in [0, 0.05) is 16.8 Å². The van der Waals surface area contributed by atoms with Gasteiger partial charge in [-0.3, -0.25) is 4.79 Å². The quantitative estimate of drug-likeness (QED) is 0.265. The molecule has 1 aliphatic rings. The normalized spacial score (nSPS) is 15.4. The van der Waals surface area contributed by atoms with Crippen molar-refractivity contribution in [3.63, 3.8) is 0 Å². The maximum absolute atomic E-state index is 12.6. The predicted molar refractivity (Wildman–Crippen MR) is 140 cm³/mol. The highest BCUT2D eigenvalue weighted by Crippen LogP contribution is 2.38. The summed E-state index contributed by atoms with van der Waals surface area (Å²) in [5.41, 5.74) is 6.44. The molecule has 5 rings (SSSR count). The lowest BCUT2D eigenvalue weighted by Crippen LogP contribution is -2.20. The molecule has 0 spiro atoms. The number of nitrogens with one attached hydrogen (secondary N) is 1. The second-order valence-corrected chi connectivity index (χ2v) is 9.11. The summed E-state index contributed by atoms with van der Waals surface area (Å²) in [5.74, 6) is -0.306. The van der Waals surface area contributed by atoms with Gasteiger partial charge in [-0.25, -0.2) is 15.4 Å². The van der Waals surface area contributed by atoms with E-state index in [2.05, 4.69) is 15.5 Å². The monoisotopic (exact) mass is 501 g/mol. The van der Waals surface area contributed by atoms with Crippen molar-refractivity contribution >= 4 is 45.9 Å². The first-order valence-corrected chi connectivity index (χ1v) is 12.1. The summed E-state index contributed by atoms with van der Waals surface area (Å²) in [6, 6.07) is 24.2. The zero-order valence-corrected chi connectivity index (χ0v) is 19.9. The molecular weight excluding hydrogens is 482 g/mol. The van der Waals surface area contributed by atoms with Crippen LogP contribution in [0.3, 0.4) is 0 Å². The van der Waals surface area contributed by atoms with Crippen molar-refractivity contribution in [2.24, 2.45) is 10.2 Å². The molecule has 9 heteroatoms. The summed E-state index contributed by atoms with van der Waals surface area (Å²) in [5, 5.41) is 23.2. The Kier molecular flexibility index (Phi) is 6.56. The van der Waals surface area contributed by atoms with Gasteiger partial charge in [-0.2, -0.15) is 10.2 Å². The molecule has 174 valence electrons. The van der Waals surface area contributed by atoms with Crippen LogP contribution < -0.4 is 10.4 Å². The second kappa shape index (κ2) is 10.1. The molecule has 0 bridgehead atoms. The van der Waals surface area contributed by atoms with Crippen molar-refractivity contribution in [3.8, 4) is 5.75 Å². The molecule has 0 aliphatic carbocycles. The number of phenolic OH excluding ortho intramolecular Hbond substituents is 1. The minimum atomic E-state index is -0.432. The van der Waals surface area contributed by atoms with Crippen LogP contribution in [0, 0.1) is 0 Å². The third kappa shape index (κ3) is 5.24. The summed E-state index contributed by atoms with van der Waals surface area (Å²) < 4.78 is 0. The van der Waals surface area contributed by atoms with Crippen molar-refractivity contribution in [1.82, 2.24) is 10.4 Å². The van der Waals surface area contributed by atoms with Gasteiger partial charge in [0.2, 0.25) is 5.13 Å². The van der Waals surface area contributed by atoms with Crippen LogP contribution in [0.15, 0.2) is 94.4 Å². The van der Waals surface area contributed by atoms with Gasteiger partial charge in [0.25, 0.3) is 5.91 Å². The van der Waals surface area contributed by atoms with Gasteiger partial charge < -0.3 is 5.11 Å². The number of hydrogen-bond acceptors (Lipinski definition) is 7. The molecule has 1 aromatic heterocycles. The van der Waals surface area contributed by atoms with E-state index in [0.717, 1.165) is 16.8 Å². The zero-order valence-electron chi connectivity index (χ0n) is 18.4. The number of nitrogens with zero attached hydrogens (tertiary/aromatic N) is 4. The number of carbonyl (C=O) groups excluding carboxylic acids is 1. The largest absolute Gasteiger partial charge is 0.508 e. The number of rotatable bonds is 6. The first kappa shape index (κ1) is 22.8. The maximum atomic E-state index is 12.6. The van der Waals surface area contributed by atoms with E-state index < -0.39 is 5.91 Å². The van der Waals surface area contributed by atoms with Crippen LogP contribution in [-0.4, -0.2) is 27.9 Å². The maximum Gasteiger partial charge on any atom is 0.290 e. The Labute approximate surface area is 211 Å². The van der Waals surface area contributed by atoms with Crippen molar-refractivity contribution in [2.75, 3.05) is 5.01 Å². The van der Waals surface area contributed by atoms with E-state index in [-0.39, 0.29) is 17.5 Å². The summed E-state index contributed by atoms with van der Waals surface area (Å²) in [6.45, 7) is 0. The van der Waals surface area contributed by atoms with Crippen LogP contribution in [0.2, 0.25) is 5.02 Å². The highest BCUT2D eigenvalue weighted by molar-refractivity contribution is 7.14. The number of hydrazone groups is 2. The fourth-order valence-electron chi connectivity index (χ4n) is 3.74. The Hall–Kier alpha value is -4.01. The van der Waals surface area contributed by atoms with Gasteiger partial charge in [0.1, 0.15) is 11.4 Å². The number of phenols is 1. The smallest absolute Gasteiger partial charge is 0.290 e. The fraction of sp³-hybridized carbons (Fsp3) is 0.0769. The SMILES string of the molecule is O=C(N/N=C/c1cccc(O)c1)c1csc(N2N=C(c3ccccc3)CC2c2ccc(Cl)cc2)n1. The first-order valence-electron chi connectivity index (χ1n) is 10.8. The number of benzene rings is 3. The van der Waals surface area contributed by atoms with Gasteiger partial charge in [-0.05, 0) is 41.0 Å². The van der Waals surface area contributed by atoms with E-state index in [1.807, 2.05) is 59.6 Å². The van der Waals surface area contributed by atoms with E-state index in [4.69, 9.17) is 16.7 Å². The summed E-state index contributed by atoms with van der Waals surface area (Å²) in [4.78, 5) is 17.1. The molecule has 4 aromatic rings. The molecular formula is C26H20ClN5O2S. The van der Waals surface area contributed by atoms with Gasteiger partial charge in [0.15, 0.2) is 0 Å². The molecule has 2 heterocycles. The van der Waals surface area contributed by atoms with Crippen LogP contribution in [-0.2, 0) is 0 Å². The average molecular weight is 502 g/mol. The van der Waals surface area contributed by atoms with E-state index in [9.17, 15) is 9.90 Å². The Morgan fingerprint density at radius 3 is 2.69 bits per heavy atom. The molecule has 1 amide bonds. The molecule has 0 fully saturated rings. The Morgan fingerprint density at radius 2 is 1.91 bits per heavy atom. The Balaban J connectivity index is 1.37. The topological polar surface area (TPSA) is 90.2 Å². The van der Waals surface area contributed by atoms with Gasteiger partial charge in [-0.15, -0.1) is 11.3 Å². The number of anilines is 1. The van der Waals surface area contributed by atoms with Crippen LogP contribution in [0.5, 0.6) is 5.75 Å². The first-order chi connectivity index (χ1) is 17.1. The number of halogens is 1. The number of aromatic hydroxyl groups is 1. The van der Waals surface area contributed by atoms with E-state index in [1.54, 1.807) is 29.6 Å². The molecule has 0 radical (unpaired) electrons. The fourth-order valence-corrected chi connectivity index (χ4v) is 4.67. The van der Waals surface area contributed by atoms with Gasteiger partial charge >= 0.3 is 0 Å². The summed E-state index contributed by atoms with van der Waals surface area (Å²) in [6.07, 6.45) is 2.15. The van der Waals surface area contributed by atoms with Crippen LogP contribution in [0.25, 0.3) is 0 Å². The summed E-state index contributed by atoms with van der Waals surface area (Å²) in [7, 11) is 0. The molecule has 3 aromatic carbocycles. The molecule has 7 nitrogen and oxygen atoms in total. The molecule has 1 unspecified atom stereocenters. The lowest BCUT2D eigenvalue weighted by Gasteiger charge is -2.21. The van der Waals surface area contributed by atoms with Crippen molar-refractivity contribution in [3.05, 3.63) is 112 Å². The van der Waals surface area contributed by atoms with Gasteiger partial charge in [0.05, 0.1) is 18.0 Å². The third-order valence-corrected chi connectivity index (χ3v) is 6.53. The van der Waals surface area contributed by atoms with E-state index in [0.29, 0.717) is 22.1 Å². The molecule has 35 heavy (non-hydrogen) atoms. The molecule has 1 atom stereocenters. The number of hydrogen-bond donors (Lipinski definition) is 2. The number of aromatic nitrogens is 1. The second-order valence-electron chi connectivity index (χ2n) is 7.84. The average Bonchev–Trinajstić information content (AvgIpc) is 3.53. The van der Waals surface area contributed by atoms with Crippen molar-refractivity contribution in [1.29, 1.82) is 0 Å². The van der Waals surface area contributed by atoms with Crippen LogP contribution in [0.4, 0.5) is 5.13 Å². The molecule has 1 aliphatic heterocycles. The Morgan fingerprint density at radius 1 is 1.11 bits per heavy atom. The lowest BCUT2D eigenvalue weighted by atomic mass is 9.99. The minimum absolute atomic E-state index is 0.0756. The third-order valence-electron chi connectivity index (χ3n) is 5.44. The van der Waals surface area contributed by atoms with Gasteiger partial charge in [-0.1, -0.05) is 66.2 Å². The number of thiazole rings is 1. The van der Waals surface area contributed by atoms with Crippen LogP contribution in [0.1, 0.15) is 39.6 Å². The van der Waals surface area contributed by atoms with Crippen molar-refractivity contribution in [2.45, 2.75) is 12.5 Å². The summed E-state index contributed by atoms with van der Waals surface area (Å²) >= 11 is 7.44. The standard InChI is InChI=1S/C26H20ClN5O2S/c27-20-11-9-19(10-12-20)24-14-22(18-6-2-1-3-7-18)31-32(24)26-29-23(16-35-26)25(34)30-28-15-17-5-4-8-21(33)13-17/h1-13,15-16,24,33H,14H2,(H,30,34)/b28-15+. The molecule has 2 N–H and O–H groups in total.